The molecule has 1 heterocycles. The van der Waals surface area contributed by atoms with Crippen LogP contribution in [0.25, 0.3) is 0 Å². The molecule has 2 rings (SSSR count). The summed E-state index contributed by atoms with van der Waals surface area (Å²) in [5.41, 5.74) is 5.96. The Bertz CT molecular complexity index is 547. The Morgan fingerprint density at radius 1 is 1.50 bits per heavy atom. The lowest BCUT2D eigenvalue weighted by atomic mass is 10.2. The number of hydrogen-bond acceptors (Lipinski definition) is 4. The molecule has 1 saturated heterocycles. The lowest BCUT2D eigenvalue weighted by molar-refractivity contribution is 0.117. The molecule has 0 bridgehead atoms. The average molecular weight is 291 g/mol. The zero-order chi connectivity index (χ0) is 13.3. The molecule has 1 aromatic rings. The Balaban J connectivity index is 2.25. The Kier molecular flexibility index (Phi) is 3.82. The van der Waals surface area contributed by atoms with E-state index in [9.17, 15) is 8.42 Å². The van der Waals surface area contributed by atoms with Crippen molar-refractivity contribution >= 4 is 27.3 Å². The van der Waals surface area contributed by atoms with Crippen molar-refractivity contribution in [2.75, 3.05) is 12.3 Å². The van der Waals surface area contributed by atoms with E-state index < -0.39 is 10.0 Å². The van der Waals surface area contributed by atoms with Gasteiger partial charge in [-0.2, -0.15) is 0 Å². The number of benzene rings is 1. The van der Waals surface area contributed by atoms with Gasteiger partial charge in [0, 0.05) is 12.3 Å². The van der Waals surface area contributed by atoms with Gasteiger partial charge in [0.15, 0.2) is 0 Å². The van der Waals surface area contributed by atoms with Crippen LogP contribution in [0.4, 0.5) is 5.69 Å². The van der Waals surface area contributed by atoms with Crippen LogP contribution >= 0.6 is 11.6 Å². The summed E-state index contributed by atoms with van der Waals surface area (Å²) in [5, 5.41) is 0.120. The second-order valence-corrected chi connectivity index (χ2v) is 6.37. The molecule has 1 aromatic carbocycles. The van der Waals surface area contributed by atoms with Gasteiger partial charge < -0.3 is 10.5 Å². The van der Waals surface area contributed by atoms with Gasteiger partial charge in [0.2, 0.25) is 10.0 Å². The minimum absolute atomic E-state index is 0.0393. The molecule has 5 nitrogen and oxygen atoms in total. The summed E-state index contributed by atoms with van der Waals surface area (Å²) in [6, 6.07) is 4.11. The number of hydrogen-bond donors (Lipinski definition) is 2. The summed E-state index contributed by atoms with van der Waals surface area (Å²) in [6.07, 6.45) is 0.528. The third-order valence-corrected chi connectivity index (χ3v) is 4.90. The predicted molar refractivity (Wildman–Crippen MR) is 70.0 cm³/mol. The molecule has 100 valence electrons. The molecular formula is C11H15ClN2O3S. The van der Waals surface area contributed by atoms with Crippen LogP contribution in [-0.4, -0.2) is 27.2 Å². The van der Waals surface area contributed by atoms with Crippen molar-refractivity contribution in [3.8, 4) is 0 Å². The number of sulfonamides is 1. The van der Waals surface area contributed by atoms with E-state index in [0.29, 0.717) is 18.7 Å². The van der Waals surface area contributed by atoms with Crippen LogP contribution in [-0.2, 0) is 14.8 Å². The van der Waals surface area contributed by atoms with Crippen molar-refractivity contribution in [2.45, 2.75) is 30.4 Å². The fourth-order valence-electron chi connectivity index (χ4n) is 1.88. The fraction of sp³-hybridized carbons (Fsp3) is 0.455. The average Bonchev–Trinajstić information content (AvgIpc) is 2.63. The van der Waals surface area contributed by atoms with E-state index in [1.165, 1.54) is 18.2 Å². The fourth-order valence-corrected chi connectivity index (χ4v) is 3.78. The highest BCUT2D eigenvalue weighted by molar-refractivity contribution is 7.89. The number of ether oxygens (including phenoxy) is 1. The topological polar surface area (TPSA) is 81.4 Å². The number of nitrogens with one attached hydrogen (secondary N) is 1. The van der Waals surface area contributed by atoms with E-state index >= 15 is 0 Å². The molecule has 0 spiro atoms. The Morgan fingerprint density at radius 3 is 2.78 bits per heavy atom. The Morgan fingerprint density at radius 2 is 2.22 bits per heavy atom. The van der Waals surface area contributed by atoms with E-state index in [1.807, 2.05) is 6.92 Å². The van der Waals surface area contributed by atoms with E-state index in [-0.39, 0.29) is 22.1 Å². The molecule has 1 aliphatic rings. The molecule has 1 fully saturated rings. The second kappa shape index (κ2) is 5.05. The maximum absolute atomic E-state index is 12.2. The standard InChI is InChI=1S/C11H15ClN2O3S/c1-7-10(4-5-17-7)14-18(15,16)11-3-2-8(13)6-9(11)12/h2-3,6-7,10,14H,4-5,13H2,1H3. The van der Waals surface area contributed by atoms with Gasteiger partial charge in [-0.1, -0.05) is 11.6 Å². The zero-order valence-electron chi connectivity index (χ0n) is 9.89. The maximum Gasteiger partial charge on any atom is 0.242 e. The highest BCUT2D eigenvalue weighted by Gasteiger charge is 2.30. The molecule has 2 atom stereocenters. The Labute approximate surface area is 111 Å². The molecule has 0 saturated carbocycles. The number of nitrogen functional groups attached to an aromatic ring is 1. The zero-order valence-corrected chi connectivity index (χ0v) is 11.5. The van der Waals surface area contributed by atoms with Gasteiger partial charge in [-0.15, -0.1) is 0 Å². The van der Waals surface area contributed by atoms with Gasteiger partial charge >= 0.3 is 0 Å². The van der Waals surface area contributed by atoms with Gasteiger partial charge in [-0.3, -0.25) is 0 Å². The van der Waals surface area contributed by atoms with Crippen LogP contribution in [0.2, 0.25) is 5.02 Å². The summed E-state index contributed by atoms with van der Waals surface area (Å²) in [5.74, 6) is 0. The third-order valence-electron chi connectivity index (χ3n) is 2.93. The maximum atomic E-state index is 12.2. The number of rotatable bonds is 3. The van der Waals surface area contributed by atoms with E-state index in [2.05, 4.69) is 4.72 Å². The van der Waals surface area contributed by atoms with Gasteiger partial charge in [0.25, 0.3) is 0 Å². The van der Waals surface area contributed by atoms with Crippen LogP contribution in [0.15, 0.2) is 23.1 Å². The molecule has 7 heteroatoms. The SMILES string of the molecule is CC1OCCC1NS(=O)(=O)c1ccc(N)cc1Cl. The molecule has 18 heavy (non-hydrogen) atoms. The normalized spacial score (nSPS) is 24.3. The molecule has 0 radical (unpaired) electrons. The number of nitrogens with two attached hydrogens (primary N) is 1. The van der Waals surface area contributed by atoms with Gasteiger partial charge in [0.05, 0.1) is 17.2 Å². The van der Waals surface area contributed by atoms with Crippen molar-refractivity contribution in [1.29, 1.82) is 0 Å². The molecule has 0 aliphatic carbocycles. The van der Waals surface area contributed by atoms with Crippen LogP contribution in [0.5, 0.6) is 0 Å². The first-order valence-corrected chi connectivity index (χ1v) is 7.45. The molecule has 0 amide bonds. The van der Waals surface area contributed by atoms with Gasteiger partial charge in [0.1, 0.15) is 4.90 Å². The first-order chi connectivity index (χ1) is 8.40. The summed E-state index contributed by atoms with van der Waals surface area (Å²) in [7, 11) is -3.64. The first-order valence-electron chi connectivity index (χ1n) is 5.59. The summed E-state index contributed by atoms with van der Waals surface area (Å²) < 4.78 is 32.3. The van der Waals surface area contributed by atoms with Gasteiger partial charge in [-0.05, 0) is 31.5 Å². The largest absolute Gasteiger partial charge is 0.399 e. The molecule has 0 aromatic heterocycles. The van der Waals surface area contributed by atoms with E-state index in [0.717, 1.165) is 0 Å². The lowest BCUT2D eigenvalue weighted by Gasteiger charge is -2.16. The lowest BCUT2D eigenvalue weighted by Crippen LogP contribution is -2.39. The Hall–Kier alpha value is -0.820. The monoisotopic (exact) mass is 290 g/mol. The van der Waals surface area contributed by atoms with E-state index in [1.54, 1.807) is 0 Å². The molecule has 1 aliphatic heterocycles. The molecule has 2 unspecified atom stereocenters. The highest BCUT2D eigenvalue weighted by Crippen LogP contribution is 2.25. The number of halogens is 1. The van der Waals surface area contributed by atoms with Crippen LogP contribution in [0, 0.1) is 0 Å². The predicted octanol–water partition coefficient (Wildman–Crippen LogP) is 1.38. The molecular weight excluding hydrogens is 276 g/mol. The smallest absolute Gasteiger partial charge is 0.242 e. The minimum atomic E-state index is -3.64. The van der Waals surface area contributed by atoms with Crippen molar-refractivity contribution in [2.24, 2.45) is 0 Å². The van der Waals surface area contributed by atoms with Gasteiger partial charge in [-0.25, -0.2) is 13.1 Å². The minimum Gasteiger partial charge on any atom is -0.399 e. The van der Waals surface area contributed by atoms with Crippen molar-refractivity contribution in [3.05, 3.63) is 23.2 Å². The van der Waals surface area contributed by atoms with Crippen LogP contribution in [0.1, 0.15) is 13.3 Å². The third kappa shape index (κ3) is 2.77. The van der Waals surface area contributed by atoms with E-state index in [4.69, 9.17) is 22.1 Å². The molecule has 3 N–H and O–H groups in total. The quantitative estimate of drug-likeness (QED) is 0.824. The number of anilines is 1. The highest BCUT2D eigenvalue weighted by atomic mass is 35.5. The summed E-state index contributed by atoms with van der Waals surface area (Å²) >= 11 is 5.91. The van der Waals surface area contributed by atoms with Crippen LogP contribution < -0.4 is 10.5 Å². The van der Waals surface area contributed by atoms with Crippen molar-refractivity contribution in [1.82, 2.24) is 4.72 Å². The second-order valence-electron chi connectivity index (χ2n) is 4.28. The van der Waals surface area contributed by atoms with Crippen molar-refractivity contribution < 1.29 is 13.2 Å². The summed E-state index contributed by atoms with van der Waals surface area (Å²) in [6.45, 7) is 2.40. The summed E-state index contributed by atoms with van der Waals surface area (Å²) in [4.78, 5) is 0.0393. The van der Waals surface area contributed by atoms with Crippen molar-refractivity contribution in [3.63, 3.8) is 0 Å². The first kappa shape index (κ1) is 13.6. The van der Waals surface area contributed by atoms with Crippen LogP contribution in [0.3, 0.4) is 0 Å².